The second-order valence-electron chi connectivity index (χ2n) is 5.02. The molecule has 6 heteroatoms. The summed E-state index contributed by atoms with van der Waals surface area (Å²) in [7, 11) is 1.84. The third-order valence-electron chi connectivity index (χ3n) is 3.78. The lowest BCUT2D eigenvalue weighted by atomic mass is 10.1. The second kappa shape index (κ2) is 5.05. The molecule has 1 fully saturated rings. The Morgan fingerprint density at radius 1 is 1.47 bits per heavy atom. The maximum atomic E-state index is 9.85. The summed E-state index contributed by atoms with van der Waals surface area (Å²) < 4.78 is 1.94. The molecule has 2 aromatic heterocycles. The van der Waals surface area contributed by atoms with Gasteiger partial charge in [0.15, 0.2) is 11.5 Å². The van der Waals surface area contributed by atoms with Crippen molar-refractivity contribution in [3.8, 4) is 0 Å². The lowest BCUT2D eigenvalue weighted by Crippen LogP contribution is -2.22. The van der Waals surface area contributed by atoms with Crippen LogP contribution in [0.5, 0.6) is 0 Å². The van der Waals surface area contributed by atoms with Gasteiger partial charge in [-0.3, -0.25) is 0 Å². The normalized spacial score (nSPS) is 22.8. The molecule has 0 aromatic carbocycles. The zero-order valence-electron chi connectivity index (χ0n) is 11.0. The van der Waals surface area contributed by atoms with Crippen molar-refractivity contribution in [1.29, 1.82) is 0 Å². The number of nitrogens with one attached hydrogen (secondary N) is 2. The van der Waals surface area contributed by atoms with Gasteiger partial charge in [0.25, 0.3) is 0 Å². The first-order chi connectivity index (χ1) is 9.28. The van der Waals surface area contributed by atoms with Crippen LogP contribution in [0.4, 0.5) is 11.6 Å². The van der Waals surface area contributed by atoms with E-state index in [4.69, 9.17) is 0 Å². The zero-order valence-corrected chi connectivity index (χ0v) is 11.0. The first-order valence-electron chi connectivity index (χ1n) is 6.71. The number of imidazole rings is 1. The summed E-state index contributed by atoms with van der Waals surface area (Å²) in [6.07, 6.45) is 8.46. The lowest BCUT2D eigenvalue weighted by molar-refractivity contribution is 0.138. The highest BCUT2D eigenvalue weighted by Gasteiger charge is 2.25. The minimum atomic E-state index is -0.184. The molecule has 3 rings (SSSR count). The van der Waals surface area contributed by atoms with Crippen LogP contribution in [0.3, 0.4) is 0 Å². The standard InChI is InChI=1S/C13H19N5O/c1-14-11-8-18-6-5-15-13(18)12(17-11)16-7-9-3-2-4-10(9)19/h5-6,8-10,14,19H,2-4,7H2,1H3,(H,16,17). The van der Waals surface area contributed by atoms with Crippen LogP contribution < -0.4 is 10.6 Å². The van der Waals surface area contributed by atoms with Crippen LogP contribution in [0.25, 0.3) is 5.65 Å². The second-order valence-corrected chi connectivity index (χ2v) is 5.02. The Hall–Kier alpha value is -1.82. The van der Waals surface area contributed by atoms with Gasteiger partial charge in [-0.1, -0.05) is 6.42 Å². The van der Waals surface area contributed by atoms with Crippen LogP contribution in [0.2, 0.25) is 0 Å². The molecular formula is C13H19N5O. The SMILES string of the molecule is CNc1cn2ccnc2c(NCC2CCCC2O)n1. The van der Waals surface area contributed by atoms with Crippen molar-refractivity contribution in [1.82, 2.24) is 14.4 Å². The maximum absolute atomic E-state index is 9.85. The molecule has 2 unspecified atom stereocenters. The topological polar surface area (TPSA) is 74.5 Å². The number of aliphatic hydroxyl groups is 1. The summed E-state index contributed by atoms with van der Waals surface area (Å²) in [6, 6.07) is 0. The summed E-state index contributed by atoms with van der Waals surface area (Å²) in [5.41, 5.74) is 0.812. The average molecular weight is 261 g/mol. The average Bonchev–Trinajstić information content (AvgIpc) is 3.04. The molecule has 1 aliphatic carbocycles. The molecule has 2 atom stereocenters. The quantitative estimate of drug-likeness (QED) is 0.774. The highest BCUT2D eigenvalue weighted by Crippen LogP contribution is 2.26. The molecule has 2 aromatic rings. The minimum absolute atomic E-state index is 0.184. The molecule has 0 spiro atoms. The summed E-state index contributed by atoms with van der Waals surface area (Å²) in [5, 5.41) is 16.2. The number of anilines is 2. The van der Waals surface area contributed by atoms with Crippen LogP contribution in [-0.2, 0) is 0 Å². The number of aromatic nitrogens is 3. The summed E-state index contributed by atoms with van der Waals surface area (Å²) in [4.78, 5) is 8.80. The molecule has 1 saturated carbocycles. The van der Waals surface area contributed by atoms with Crippen molar-refractivity contribution in [2.45, 2.75) is 25.4 Å². The van der Waals surface area contributed by atoms with E-state index in [-0.39, 0.29) is 6.10 Å². The van der Waals surface area contributed by atoms with Crippen LogP contribution in [0.1, 0.15) is 19.3 Å². The van der Waals surface area contributed by atoms with Gasteiger partial charge in [-0.15, -0.1) is 0 Å². The first kappa shape index (κ1) is 12.2. The maximum Gasteiger partial charge on any atom is 0.180 e. The molecule has 0 radical (unpaired) electrons. The molecule has 0 saturated heterocycles. The van der Waals surface area contributed by atoms with E-state index in [1.807, 2.05) is 23.8 Å². The fraction of sp³-hybridized carbons (Fsp3) is 0.538. The highest BCUT2D eigenvalue weighted by molar-refractivity contribution is 5.65. The van der Waals surface area contributed by atoms with Gasteiger partial charge >= 0.3 is 0 Å². The predicted octanol–water partition coefficient (Wildman–Crippen LogP) is 1.34. The van der Waals surface area contributed by atoms with E-state index < -0.39 is 0 Å². The van der Waals surface area contributed by atoms with Crippen molar-refractivity contribution in [3.05, 3.63) is 18.6 Å². The summed E-state index contributed by atoms with van der Waals surface area (Å²) >= 11 is 0. The van der Waals surface area contributed by atoms with Gasteiger partial charge < -0.3 is 20.1 Å². The van der Waals surface area contributed by atoms with E-state index >= 15 is 0 Å². The van der Waals surface area contributed by atoms with Crippen molar-refractivity contribution in [3.63, 3.8) is 0 Å². The number of hydrogen-bond acceptors (Lipinski definition) is 5. The Morgan fingerprint density at radius 2 is 2.37 bits per heavy atom. The third-order valence-corrected chi connectivity index (χ3v) is 3.78. The summed E-state index contributed by atoms with van der Waals surface area (Å²) in [6.45, 7) is 0.740. The zero-order chi connectivity index (χ0) is 13.2. The Labute approximate surface area is 111 Å². The molecule has 19 heavy (non-hydrogen) atoms. The predicted molar refractivity (Wildman–Crippen MR) is 74.4 cm³/mol. The van der Waals surface area contributed by atoms with Crippen molar-refractivity contribution < 1.29 is 5.11 Å². The van der Waals surface area contributed by atoms with Crippen molar-refractivity contribution in [2.75, 3.05) is 24.2 Å². The van der Waals surface area contributed by atoms with E-state index in [2.05, 4.69) is 20.6 Å². The van der Waals surface area contributed by atoms with Crippen molar-refractivity contribution in [2.24, 2.45) is 5.92 Å². The van der Waals surface area contributed by atoms with Gasteiger partial charge in [-0.2, -0.15) is 0 Å². The van der Waals surface area contributed by atoms with Crippen LogP contribution in [-0.4, -0.2) is 39.2 Å². The molecule has 0 bridgehead atoms. The van der Waals surface area contributed by atoms with Gasteiger partial charge in [0.1, 0.15) is 5.82 Å². The first-order valence-corrected chi connectivity index (χ1v) is 6.71. The third kappa shape index (κ3) is 2.35. The van der Waals surface area contributed by atoms with Gasteiger partial charge in [0.2, 0.25) is 0 Å². The monoisotopic (exact) mass is 261 g/mol. The molecule has 6 nitrogen and oxygen atoms in total. The molecular weight excluding hydrogens is 242 g/mol. The van der Waals surface area contributed by atoms with E-state index in [9.17, 15) is 5.11 Å². The Balaban J connectivity index is 1.81. The number of rotatable bonds is 4. The number of aliphatic hydroxyl groups excluding tert-OH is 1. The molecule has 1 aliphatic rings. The number of fused-ring (bicyclic) bond motifs is 1. The minimum Gasteiger partial charge on any atom is -0.393 e. The number of hydrogen-bond donors (Lipinski definition) is 3. The van der Waals surface area contributed by atoms with E-state index in [1.165, 1.54) is 0 Å². The Morgan fingerprint density at radius 3 is 3.11 bits per heavy atom. The van der Waals surface area contributed by atoms with Gasteiger partial charge in [0, 0.05) is 31.9 Å². The van der Waals surface area contributed by atoms with Crippen LogP contribution in [0.15, 0.2) is 18.6 Å². The molecule has 0 amide bonds. The van der Waals surface area contributed by atoms with Gasteiger partial charge in [0.05, 0.1) is 12.3 Å². The molecule has 102 valence electrons. The molecule has 3 N–H and O–H groups in total. The Bertz CT molecular complexity index is 567. The lowest BCUT2D eigenvalue weighted by Gasteiger charge is -2.16. The molecule has 0 aliphatic heterocycles. The van der Waals surface area contributed by atoms with Gasteiger partial charge in [-0.25, -0.2) is 9.97 Å². The fourth-order valence-electron chi connectivity index (χ4n) is 2.65. The van der Waals surface area contributed by atoms with Gasteiger partial charge in [-0.05, 0) is 12.8 Å². The van der Waals surface area contributed by atoms with E-state index in [0.717, 1.165) is 43.1 Å². The highest BCUT2D eigenvalue weighted by atomic mass is 16.3. The fourth-order valence-corrected chi connectivity index (χ4v) is 2.65. The van der Waals surface area contributed by atoms with Crippen LogP contribution in [0, 0.1) is 5.92 Å². The van der Waals surface area contributed by atoms with E-state index in [1.54, 1.807) is 6.20 Å². The largest absolute Gasteiger partial charge is 0.393 e. The molecule has 2 heterocycles. The van der Waals surface area contributed by atoms with E-state index in [0.29, 0.717) is 5.92 Å². The van der Waals surface area contributed by atoms with Crippen molar-refractivity contribution >= 4 is 17.3 Å². The smallest absolute Gasteiger partial charge is 0.180 e. The van der Waals surface area contributed by atoms with Crippen LogP contribution >= 0.6 is 0 Å². The Kier molecular flexibility index (Phi) is 3.25. The number of nitrogens with zero attached hydrogens (tertiary/aromatic N) is 3. The summed E-state index contributed by atoms with van der Waals surface area (Å²) in [5.74, 6) is 1.87.